The predicted octanol–water partition coefficient (Wildman–Crippen LogP) is 1.05. The first-order valence-electron chi connectivity index (χ1n) is 4.48. The number of piperidine rings is 1. The highest BCUT2D eigenvalue weighted by Crippen LogP contribution is 2.13. The van der Waals surface area contributed by atoms with E-state index in [0.717, 1.165) is 7.05 Å². The third-order valence-corrected chi connectivity index (χ3v) is 1.69. The Balaban J connectivity index is 0.000000249. The highest BCUT2D eigenvalue weighted by atomic mass is 19.4. The Morgan fingerprint density at radius 1 is 1.21 bits per heavy atom. The van der Waals surface area contributed by atoms with E-state index in [1.807, 2.05) is 0 Å². The number of carbonyl (C=O) groups is 1. The fraction of sp³-hybridized carbons (Fsp3) is 0.875. The second-order valence-electron chi connectivity index (χ2n) is 2.89. The van der Waals surface area contributed by atoms with E-state index in [4.69, 9.17) is 0 Å². The van der Waals surface area contributed by atoms with E-state index in [2.05, 4.69) is 5.32 Å². The molecule has 0 aliphatic carbocycles. The highest BCUT2D eigenvalue weighted by molar-refractivity contribution is 5.81. The lowest BCUT2D eigenvalue weighted by Crippen LogP contribution is -2.33. The average molecular weight is 212 g/mol. The van der Waals surface area contributed by atoms with Crippen LogP contribution >= 0.6 is 0 Å². The highest BCUT2D eigenvalue weighted by Gasteiger charge is 2.37. The zero-order chi connectivity index (χ0) is 11.0. The molecule has 0 bridgehead atoms. The maximum Gasteiger partial charge on any atom is 0.471 e. The minimum atomic E-state index is -4.74. The summed E-state index contributed by atoms with van der Waals surface area (Å²) in [5, 5.41) is 4.73. The van der Waals surface area contributed by atoms with E-state index < -0.39 is 12.1 Å². The molecule has 0 spiro atoms. The summed E-state index contributed by atoms with van der Waals surface area (Å²) >= 11 is 0. The second-order valence-corrected chi connectivity index (χ2v) is 2.89. The molecule has 0 unspecified atom stereocenters. The summed E-state index contributed by atoms with van der Waals surface area (Å²) < 4.78 is 33.1. The lowest BCUT2D eigenvalue weighted by molar-refractivity contribution is -0.172. The van der Waals surface area contributed by atoms with Crippen molar-refractivity contribution in [2.45, 2.75) is 25.4 Å². The molecule has 0 aromatic rings. The topological polar surface area (TPSA) is 41.1 Å². The van der Waals surface area contributed by atoms with Gasteiger partial charge in [-0.25, -0.2) is 0 Å². The van der Waals surface area contributed by atoms with Gasteiger partial charge in [0.2, 0.25) is 0 Å². The predicted molar refractivity (Wildman–Crippen MR) is 46.8 cm³/mol. The van der Waals surface area contributed by atoms with Crippen LogP contribution in [0.3, 0.4) is 0 Å². The van der Waals surface area contributed by atoms with Gasteiger partial charge in [-0.2, -0.15) is 13.2 Å². The van der Waals surface area contributed by atoms with Crippen molar-refractivity contribution in [1.29, 1.82) is 0 Å². The molecule has 84 valence electrons. The Kier molecular flexibility index (Phi) is 6.27. The molecule has 1 amide bonds. The molecule has 3 nitrogen and oxygen atoms in total. The summed E-state index contributed by atoms with van der Waals surface area (Å²) in [6.45, 7) is 2.50. The molecule has 0 aromatic heterocycles. The number of alkyl halides is 3. The van der Waals surface area contributed by atoms with Crippen molar-refractivity contribution in [3.8, 4) is 0 Å². The lowest BCUT2D eigenvalue weighted by atomic mass is 10.2. The van der Waals surface area contributed by atoms with E-state index >= 15 is 0 Å². The number of nitrogens with one attached hydrogen (secondary N) is 2. The first-order chi connectivity index (χ1) is 6.48. The zero-order valence-electron chi connectivity index (χ0n) is 8.08. The number of hydrogen-bond acceptors (Lipinski definition) is 2. The Hall–Kier alpha value is -0.780. The number of carbonyl (C=O) groups excluding carboxylic acids is 1. The minimum absolute atomic E-state index is 0.926. The standard InChI is InChI=1S/C5H11N.C3H4F3NO/c1-2-4-6-5-3-1;1-7-2(8)3(4,5)6/h6H,1-5H2;1H3,(H,7,8). The van der Waals surface area contributed by atoms with E-state index in [1.165, 1.54) is 37.7 Å². The molecule has 1 rings (SSSR count). The monoisotopic (exact) mass is 212 g/mol. The van der Waals surface area contributed by atoms with Crippen LogP contribution in [-0.4, -0.2) is 32.2 Å². The Morgan fingerprint density at radius 2 is 1.71 bits per heavy atom. The van der Waals surface area contributed by atoms with Gasteiger partial charge in [0, 0.05) is 7.05 Å². The molecular weight excluding hydrogens is 197 g/mol. The first-order valence-corrected chi connectivity index (χ1v) is 4.48. The molecule has 0 atom stereocenters. The van der Waals surface area contributed by atoms with Gasteiger partial charge in [0.1, 0.15) is 0 Å². The fourth-order valence-corrected chi connectivity index (χ4v) is 0.944. The van der Waals surface area contributed by atoms with Crippen molar-refractivity contribution in [1.82, 2.24) is 10.6 Å². The maximum absolute atomic E-state index is 11.0. The lowest BCUT2D eigenvalue weighted by Gasteiger charge is -2.08. The fourth-order valence-electron chi connectivity index (χ4n) is 0.944. The number of amides is 1. The normalized spacial score (nSPS) is 16.6. The first kappa shape index (κ1) is 13.2. The van der Waals surface area contributed by atoms with Crippen LogP contribution in [-0.2, 0) is 4.79 Å². The summed E-state index contributed by atoms with van der Waals surface area (Å²) in [6, 6.07) is 0. The van der Waals surface area contributed by atoms with E-state index in [-0.39, 0.29) is 0 Å². The van der Waals surface area contributed by atoms with Crippen molar-refractivity contribution in [2.75, 3.05) is 20.1 Å². The summed E-state index contributed by atoms with van der Waals surface area (Å²) in [6.07, 6.45) is -0.526. The van der Waals surface area contributed by atoms with E-state index in [0.29, 0.717) is 0 Å². The van der Waals surface area contributed by atoms with Crippen molar-refractivity contribution in [3.63, 3.8) is 0 Å². The van der Waals surface area contributed by atoms with Crippen LogP contribution in [0.2, 0.25) is 0 Å². The number of halogens is 3. The van der Waals surface area contributed by atoms with Crippen LogP contribution in [0.5, 0.6) is 0 Å². The van der Waals surface area contributed by atoms with Crippen LogP contribution < -0.4 is 10.6 Å². The van der Waals surface area contributed by atoms with Crippen molar-refractivity contribution < 1.29 is 18.0 Å². The average Bonchev–Trinajstić information content (AvgIpc) is 2.19. The van der Waals surface area contributed by atoms with Gasteiger partial charge in [0.15, 0.2) is 0 Å². The Bertz CT molecular complexity index is 155. The Labute approximate surface area is 81.1 Å². The van der Waals surface area contributed by atoms with E-state index in [1.54, 1.807) is 0 Å². The maximum atomic E-state index is 11.0. The van der Waals surface area contributed by atoms with Gasteiger partial charge < -0.3 is 10.6 Å². The van der Waals surface area contributed by atoms with Gasteiger partial charge in [-0.15, -0.1) is 0 Å². The molecule has 2 N–H and O–H groups in total. The van der Waals surface area contributed by atoms with Gasteiger partial charge >= 0.3 is 12.1 Å². The SMILES string of the molecule is C1CCNCC1.CNC(=O)C(F)(F)F. The molecular formula is C8H15F3N2O. The molecule has 14 heavy (non-hydrogen) atoms. The molecule has 1 fully saturated rings. The third kappa shape index (κ3) is 6.71. The summed E-state index contributed by atoms with van der Waals surface area (Å²) in [5.74, 6) is -1.92. The molecule has 1 saturated heterocycles. The van der Waals surface area contributed by atoms with Gasteiger partial charge in [-0.3, -0.25) is 4.79 Å². The summed E-state index contributed by atoms with van der Waals surface area (Å²) in [7, 11) is 0.926. The molecule has 6 heteroatoms. The quantitative estimate of drug-likeness (QED) is 0.630. The van der Waals surface area contributed by atoms with Gasteiger partial charge in [0.25, 0.3) is 0 Å². The van der Waals surface area contributed by atoms with Gasteiger partial charge in [0.05, 0.1) is 0 Å². The van der Waals surface area contributed by atoms with Crippen LogP contribution in [0, 0.1) is 0 Å². The molecule has 1 heterocycles. The molecule has 0 radical (unpaired) electrons. The van der Waals surface area contributed by atoms with Crippen LogP contribution in [0.25, 0.3) is 0 Å². The van der Waals surface area contributed by atoms with Crippen LogP contribution in [0.4, 0.5) is 13.2 Å². The van der Waals surface area contributed by atoms with Gasteiger partial charge in [-0.1, -0.05) is 6.42 Å². The summed E-state index contributed by atoms with van der Waals surface area (Å²) in [5.41, 5.74) is 0. The third-order valence-electron chi connectivity index (χ3n) is 1.69. The number of hydrogen-bond donors (Lipinski definition) is 2. The van der Waals surface area contributed by atoms with Crippen molar-refractivity contribution >= 4 is 5.91 Å². The molecule has 0 saturated carbocycles. The van der Waals surface area contributed by atoms with Crippen molar-refractivity contribution in [2.24, 2.45) is 0 Å². The molecule has 0 aromatic carbocycles. The minimum Gasteiger partial charge on any atom is -0.351 e. The van der Waals surface area contributed by atoms with Crippen LogP contribution in [0.15, 0.2) is 0 Å². The Morgan fingerprint density at radius 3 is 1.79 bits per heavy atom. The molecule has 1 aliphatic rings. The largest absolute Gasteiger partial charge is 0.471 e. The van der Waals surface area contributed by atoms with Crippen molar-refractivity contribution in [3.05, 3.63) is 0 Å². The zero-order valence-corrected chi connectivity index (χ0v) is 8.08. The molecule has 1 aliphatic heterocycles. The van der Waals surface area contributed by atoms with E-state index in [9.17, 15) is 18.0 Å². The summed E-state index contributed by atoms with van der Waals surface area (Å²) in [4.78, 5) is 9.60. The number of rotatable bonds is 0. The second kappa shape index (κ2) is 6.64. The van der Waals surface area contributed by atoms with Crippen LogP contribution in [0.1, 0.15) is 19.3 Å². The smallest absolute Gasteiger partial charge is 0.351 e. The van der Waals surface area contributed by atoms with Gasteiger partial charge in [-0.05, 0) is 25.9 Å².